The zero-order valence-electron chi connectivity index (χ0n) is 15.7. The number of carbonyl (C=O) groups excluding carboxylic acids is 1. The van der Waals surface area contributed by atoms with Gasteiger partial charge in [-0.25, -0.2) is 4.39 Å². The Balaban J connectivity index is 1.33. The lowest BCUT2D eigenvalue weighted by atomic mass is 9.97. The van der Waals surface area contributed by atoms with Crippen molar-refractivity contribution in [3.8, 4) is 0 Å². The summed E-state index contributed by atoms with van der Waals surface area (Å²) >= 11 is 0. The van der Waals surface area contributed by atoms with Crippen LogP contribution in [0.15, 0.2) is 48.5 Å². The lowest BCUT2D eigenvalue weighted by Crippen LogP contribution is -2.35. The van der Waals surface area contributed by atoms with Crippen molar-refractivity contribution in [2.75, 3.05) is 26.2 Å². The van der Waals surface area contributed by atoms with Crippen LogP contribution in [0.2, 0.25) is 0 Å². The van der Waals surface area contributed by atoms with Crippen molar-refractivity contribution >= 4 is 5.91 Å². The number of halogens is 1. The van der Waals surface area contributed by atoms with E-state index in [1.165, 1.54) is 17.2 Å². The highest BCUT2D eigenvalue weighted by Gasteiger charge is 2.27. The fourth-order valence-electron chi connectivity index (χ4n) is 4.44. The Bertz CT molecular complexity index is 806. The highest BCUT2D eigenvalue weighted by atomic mass is 19.1. The standard InChI is InChI=1S/C23H27FN2O/c24-22-9-4-2-7-20(22)17-25-12-5-13-26(15-14-25)23(27)16-19-11-10-18-6-1-3-8-21(18)19/h1-4,6-9,19H,5,10-17H2. The topological polar surface area (TPSA) is 23.6 Å². The van der Waals surface area contributed by atoms with Gasteiger partial charge >= 0.3 is 0 Å². The van der Waals surface area contributed by atoms with Crippen molar-refractivity contribution in [3.63, 3.8) is 0 Å². The second kappa shape index (κ2) is 8.22. The first-order valence-electron chi connectivity index (χ1n) is 10.0. The summed E-state index contributed by atoms with van der Waals surface area (Å²) < 4.78 is 13.9. The molecule has 0 saturated carbocycles. The van der Waals surface area contributed by atoms with E-state index in [1.54, 1.807) is 6.07 Å². The summed E-state index contributed by atoms with van der Waals surface area (Å²) in [5.74, 6) is 0.491. The van der Waals surface area contributed by atoms with E-state index in [9.17, 15) is 9.18 Å². The molecule has 1 fully saturated rings. The molecule has 142 valence electrons. The van der Waals surface area contributed by atoms with Crippen LogP contribution in [0.1, 0.15) is 41.9 Å². The maximum Gasteiger partial charge on any atom is 0.223 e. The zero-order chi connectivity index (χ0) is 18.6. The largest absolute Gasteiger partial charge is 0.341 e. The molecule has 27 heavy (non-hydrogen) atoms. The van der Waals surface area contributed by atoms with Crippen LogP contribution in [-0.2, 0) is 17.8 Å². The number of fused-ring (bicyclic) bond motifs is 1. The SMILES string of the molecule is O=C(CC1CCc2ccccc21)N1CCCN(Cc2ccccc2F)CC1. The van der Waals surface area contributed by atoms with Gasteiger partial charge in [-0.15, -0.1) is 0 Å². The molecule has 1 unspecified atom stereocenters. The van der Waals surface area contributed by atoms with E-state index in [0.717, 1.165) is 51.0 Å². The van der Waals surface area contributed by atoms with E-state index >= 15 is 0 Å². The smallest absolute Gasteiger partial charge is 0.223 e. The first-order chi connectivity index (χ1) is 13.2. The quantitative estimate of drug-likeness (QED) is 0.817. The van der Waals surface area contributed by atoms with Crippen LogP contribution in [0.4, 0.5) is 4.39 Å². The molecule has 4 rings (SSSR count). The number of amides is 1. The van der Waals surface area contributed by atoms with Crippen LogP contribution >= 0.6 is 0 Å². The number of aryl methyl sites for hydroxylation is 1. The average molecular weight is 366 g/mol. The third-order valence-corrected chi connectivity index (χ3v) is 5.97. The second-order valence-corrected chi connectivity index (χ2v) is 7.74. The molecular formula is C23H27FN2O. The number of carbonyl (C=O) groups is 1. The van der Waals surface area contributed by atoms with Crippen LogP contribution in [0.5, 0.6) is 0 Å². The zero-order valence-corrected chi connectivity index (χ0v) is 15.7. The van der Waals surface area contributed by atoms with Gasteiger partial charge in [0.2, 0.25) is 5.91 Å². The Hall–Kier alpha value is -2.20. The molecule has 0 aromatic heterocycles. The molecule has 1 aliphatic carbocycles. The molecule has 1 saturated heterocycles. The van der Waals surface area contributed by atoms with E-state index in [2.05, 4.69) is 29.2 Å². The average Bonchev–Trinajstić information content (AvgIpc) is 2.93. The summed E-state index contributed by atoms with van der Waals surface area (Å²) in [4.78, 5) is 17.2. The van der Waals surface area contributed by atoms with Crippen molar-refractivity contribution in [1.29, 1.82) is 0 Å². The fraction of sp³-hybridized carbons (Fsp3) is 0.435. The molecular weight excluding hydrogens is 339 g/mol. The fourth-order valence-corrected chi connectivity index (χ4v) is 4.44. The number of benzene rings is 2. The minimum Gasteiger partial charge on any atom is -0.341 e. The van der Waals surface area contributed by atoms with E-state index in [0.29, 0.717) is 18.9 Å². The number of nitrogens with zero attached hydrogens (tertiary/aromatic N) is 2. The van der Waals surface area contributed by atoms with Crippen molar-refractivity contribution < 1.29 is 9.18 Å². The van der Waals surface area contributed by atoms with E-state index in [-0.39, 0.29) is 11.7 Å². The van der Waals surface area contributed by atoms with Gasteiger partial charge in [-0.1, -0.05) is 42.5 Å². The first kappa shape index (κ1) is 18.2. The second-order valence-electron chi connectivity index (χ2n) is 7.74. The third-order valence-electron chi connectivity index (χ3n) is 5.97. The van der Waals surface area contributed by atoms with Gasteiger partial charge < -0.3 is 4.90 Å². The lowest BCUT2D eigenvalue weighted by Gasteiger charge is -2.23. The molecule has 4 heteroatoms. The molecule has 0 spiro atoms. The summed E-state index contributed by atoms with van der Waals surface area (Å²) in [7, 11) is 0. The molecule has 0 bridgehead atoms. The first-order valence-corrected chi connectivity index (χ1v) is 10.0. The van der Waals surface area contributed by atoms with Crippen LogP contribution in [0.3, 0.4) is 0 Å². The number of rotatable bonds is 4. The summed E-state index contributed by atoms with van der Waals surface area (Å²) in [6.07, 6.45) is 3.73. The summed E-state index contributed by atoms with van der Waals surface area (Å²) in [6, 6.07) is 15.5. The van der Waals surface area contributed by atoms with Gasteiger partial charge in [0.25, 0.3) is 0 Å². The van der Waals surface area contributed by atoms with Crippen molar-refractivity contribution in [3.05, 3.63) is 71.0 Å². The Morgan fingerprint density at radius 2 is 1.81 bits per heavy atom. The Morgan fingerprint density at radius 1 is 1.00 bits per heavy atom. The molecule has 2 aromatic rings. The minimum atomic E-state index is -0.144. The Kier molecular flexibility index (Phi) is 5.53. The normalized spacial score (nSPS) is 20.3. The molecule has 2 aromatic carbocycles. The molecule has 0 radical (unpaired) electrons. The monoisotopic (exact) mass is 366 g/mol. The minimum absolute atomic E-state index is 0.144. The maximum atomic E-state index is 13.9. The van der Waals surface area contributed by atoms with Gasteiger partial charge in [0.1, 0.15) is 5.82 Å². The van der Waals surface area contributed by atoms with Crippen LogP contribution in [0.25, 0.3) is 0 Å². The summed E-state index contributed by atoms with van der Waals surface area (Å²) in [5, 5.41) is 0. The van der Waals surface area contributed by atoms with Gasteiger partial charge in [-0.2, -0.15) is 0 Å². The van der Waals surface area contributed by atoms with Crippen molar-refractivity contribution in [2.45, 2.75) is 38.1 Å². The van der Waals surface area contributed by atoms with Crippen molar-refractivity contribution in [2.24, 2.45) is 0 Å². The predicted octanol–water partition coefficient (Wildman–Crippen LogP) is 3.98. The number of hydrogen-bond donors (Lipinski definition) is 0. The number of hydrogen-bond acceptors (Lipinski definition) is 2. The molecule has 1 amide bonds. The van der Waals surface area contributed by atoms with Gasteiger partial charge in [0, 0.05) is 44.7 Å². The van der Waals surface area contributed by atoms with Gasteiger partial charge in [-0.3, -0.25) is 9.69 Å². The van der Waals surface area contributed by atoms with Gasteiger partial charge in [0.05, 0.1) is 0 Å². The van der Waals surface area contributed by atoms with E-state index in [1.807, 2.05) is 17.0 Å². The molecule has 0 N–H and O–H groups in total. The molecule has 1 atom stereocenters. The summed E-state index contributed by atoms with van der Waals surface area (Å²) in [6.45, 7) is 3.87. The highest BCUT2D eigenvalue weighted by molar-refractivity contribution is 5.77. The Labute approximate surface area is 160 Å². The van der Waals surface area contributed by atoms with Crippen LogP contribution < -0.4 is 0 Å². The Morgan fingerprint density at radius 3 is 2.70 bits per heavy atom. The third kappa shape index (κ3) is 4.22. The maximum absolute atomic E-state index is 13.9. The molecule has 1 heterocycles. The molecule has 1 aliphatic heterocycles. The molecule has 2 aliphatic rings. The lowest BCUT2D eigenvalue weighted by molar-refractivity contribution is -0.131. The predicted molar refractivity (Wildman–Crippen MR) is 105 cm³/mol. The van der Waals surface area contributed by atoms with Crippen LogP contribution in [-0.4, -0.2) is 41.9 Å². The van der Waals surface area contributed by atoms with E-state index < -0.39 is 0 Å². The van der Waals surface area contributed by atoms with Crippen molar-refractivity contribution in [1.82, 2.24) is 9.80 Å². The molecule has 3 nitrogen and oxygen atoms in total. The summed E-state index contributed by atoms with van der Waals surface area (Å²) in [5.41, 5.74) is 3.50. The van der Waals surface area contributed by atoms with Gasteiger partial charge in [-0.05, 0) is 42.4 Å². The van der Waals surface area contributed by atoms with Gasteiger partial charge in [0.15, 0.2) is 0 Å². The highest BCUT2D eigenvalue weighted by Crippen LogP contribution is 2.35. The van der Waals surface area contributed by atoms with E-state index in [4.69, 9.17) is 0 Å². The van der Waals surface area contributed by atoms with Crippen LogP contribution in [0, 0.1) is 5.82 Å².